The van der Waals surface area contributed by atoms with Crippen LogP contribution < -0.4 is 15.2 Å². The van der Waals surface area contributed by atoms with Crippen molar-refractivity contribution < 1.29 is 33.6 Å². The van der Waals surface area contributed by atoms with E-state index in [1.54, 1.807) is 14.2 Å². The van der Waals surface area contributed by atoms with Gasteiger partial charge in [0.05, 0.1) is 26.2 Å². The molecule has 0 radical (unpaired) electrons. The number of aromatic nitrogens is 3. The Labute approximate surface area is 247 Å². The number of halogens is 1. The van der Waals surface area contributed by atoms with Gasteiger partial charge in [0, 0.05) is 6.20 Å². The summed E-state index contributed by atoms with van der Waals surface area (Å²) < 4.78 is 39.9. The summed E-state index contributed by atoms with van der Waals surface area (Å²) in [5.41, 5.74) is 7.24. The molecule has 1 fully saturated rings. The molecule has 4 atom stereocenters. The van der Waals surface area contributed by atoms with E-state index in [0.29, 0.717) is 11.5 Å². The first-order valence-corrected chi connectivity index (χ1v) is 13.6. The van der Waals surface area contributed by atoms with Crippen molar-refractivity contribution in [2.24, 2.45) is 0 Å². The van der Waals surface area contributed by atoms with Crippen molar-refractivity contribution in [3.05, 3.63) is 114 Å². The minimum Gasteiger partial charge on any atom is -0.497 e. The summed E-state index contributed by atoms with van der Waals surface area (Å²) in [6.07, 6.45) is -2.58. The molecule has 2 aromatic heterocycles. The molecule has 1 aliphatic rings. The van der Waals surface area contributed by atoms with Crippen molar-refractivity contribution in [3.63, 3.8) is 0 Å². The van der Waals surface area contributed by atoms with E-state index in [1.165, 1.54) is 10.9 Å². The lowest BCUT2D eigenvalue weighted by atomic mass is 9.80. The topological polar surface area (TPSA) is 134 Å². The molecule has 6 rings (SSSR count). The zero-order valence-electron chi connectivity index (χ0n) is 23.5. The number of nitrogens with two attached hydrogens (primary N) is 1. The number of nitrogen functional groups attached to an aromatic ring is 1. The maximum absolute atomic E-state index is 14.8. The number of methoxy groups -OCH3 is 2. The van der Waals surface area contributed by atoms with Crippen molar-refractivity contribution in [1.82, 2.24) is 14.5 Å². The summed E-state index contributed by atoms with van der Waals surface area (Å²) >= 11 is 0. The lowest BCUT2D eigenvalue weighted by molar-refractivity contribution is -0.0941. The van der Waals surface area contributed by atoms with Gasteiger partial charge < -0.3 is 39.5 Å². The highest BCUT2D eigenvalue weighted by Gasteiger charge is 2.47. The Kier molecular flexibility index (Phi) is 7.72. The van der Waals surface area contributed by atoms with Gasteiger partial charge in [0.15, 0.2) is 17.7 Å². The first kappa shape index (κ1) is 28.6. The van der Waals surface area contributed by atoms with E-state index in [9.17, 15) is 14.6 Å². The number of fused-ring (bicyclic) bond motifs is 1. The van der Waals surface area contributed by atoms with Gasteiger partial charge in [-0.15, -0.1) is 0 Å². The van der Waals surface area contributed by atoms with Crippen LogP contribution in [0.1, 0.15) is 22.9 Å². The lowest BCUT2D eigenvalue weighted by Gasteiger charge is -2.37. The van der Waals surface area contributed by atoms with E-state index in [2.05, 4.69) is 9.97 Å². The maximum Gasteiger partial charge on any atom is 0.164 e. The number of aliphatic hydroxyl groups is 2. The second kappa shape index (κ2) is 11.6. The Morgan fingerprint density at radius 2 is 1.44 bits per heavy atom. The molecule has 1 aliphatic heterocycles. The SMILES string of the molecule is COc1ccc(C(OC[C@H]2O[C@@H](n3cc(F)c4c(N)ncnc43)[C@H](O)[C@@H]2O)(c2ccccc2)c2ccc(OC)cc2)cc1. The predicted octanol–water partition coefficient (Wildman–Crippen LogP) is 3.80. The molecule has 222 valence electrons. The third kappa shape index (κ3) is 4.96. The number of aliphatic hydroxyl groups excluding tert-OH is 2. The van der Waals surface area contributed by atoms with Crippen LogP contribution in [0.15, 0.2) is 91.4 Å². The predicted molar refractivity (Wildman–Crippen MR) is 156 cm³/mol. The number of benzene rings is 3. The molecule has 4 N–H and O–H groups in total. The highest BCUT2D eigenvalue weighted by Crippen LogP contribution is 2.43. The van der Waals surface area contributed by atoms with Crippen molar-refractivity contribution in [1.29, 1.82) is 0 Å². The quantitative estimate of drug-likeness (QED) is 0.221. The van der Waals surface area contributed by atoms with Crippen LogP contribution in [-0.4, -0.2) is 63.9 Å². The van der Waals surface area contributed by atoms with Crippen LogP contribution in [0.4, 0.5) is 10.2 Å². The number of nitrogens with zero attached hydrogens (tertiary/aromatic N) is 3. The molecule has 11 heteroatoms. The largest absolute Gasteiger partial charge is 0.497 e. The van der Waals surface area contributed by atoms with E-state index in [0.717, 1.165) is 22.9 Å². The Morgan fingerprint density at radius 3 is 2.02 bits per heavy atom. The average Bonchev–Trinajstić information content (AvgIpc) is 3.54. The molecular formula is C32H31FN4O6. The van der Waals surface area contributed by atoms with Gasteiger partial charge in [0.2, 0.25) is 0 Å². The van der Waals surface area contributed by atoms with Crippen molar-refractivity contribution in [2.75, 3.05) is 26.6 Å². The van der Waals surface area contributed by atoms with Crippen molar-refractivity contribution in [3.8, 4) is 11.5 Å². The summed E-state index contributed by atoms with van der Waals surface area (Å²) in [6.45, 7) is -0.138. The monoisotopic (exact) mass is 586 g/mol. The number of hydrogen-bond donors (Lipinski definition) is 3. The van der Waals surface area contributed by atoms with Crippen LogP contribution >= 0.6 is 0 Å². The molecule has 3 heterocycles. The van der Waals surface area contributed by atoms with Crippen LogP contribution in [0, 0.1) is 5.82 Å². The fourth-order valence-corrected chi connectivity index (χ4v) is 5.63. The molecule has 5 aromatic rings. The van der Waals surface area contributed by atoms with Gasteiger partial charge in [0.25, 0.3) is 0 Å². The lowest BCUT2D eigenvalue weighted by Crippen LogP contribution is -2.39. The van der Waals surface area contributed by atoms with Crippen molar-refractivity contribution in [2.45, 2.75) is 30.1 Å². The molecule has 43 heavy (non-hydrogen) atoms. The van der Waals surface area contributed by atoms with Gasteiger partial charge >= 0.3 is 0 Å². The van der Waals surface area contributed by atoms with E-state index in [-0.39, 0.29) is 23.5 Å². The Balaban J connectivity index is 1.39. The van der Waals surface area contributed by atoms with Crippen LogP contribution in [0.2, 0.25) is 0 Å². The third-order valence-electron chi connectivity index (χ3n) is 7.84. The summed E-state index contributed by atoms with van der Waals surface area (Å²) in [5, 5.41) is 22.2. The highest BCUT2D eigenvalue weighted by atomic mass is 19.1. The summed E-state index contributed by atoms with van der Waals surface area (Å²) in [7, 11) is 3.19. The first-order chi connectivity index (χ1) is 20.9. The maximum atomic E-state index is 14.8. The Bertz CT molecular complexity index is 1650. The van der Waals surface area contributed by atoms with Gasteiger partial charge in [-0.1, -0.05) is 54.6 Å². The number of rotatable bonds is 9. The molecule has 0 saturated carbocycles. The van der Waals surface area contributed by atoms with Gasteiger partial charge in [-0.3, -0.25) is 0 Å². The zero-order valence-corrected chi connectivity index (χ0v) is 23.5. The number of hydrogen-bond acceptors (Lipinski definition) is 9. The molecule has 0 spiro atoms. The molecular weight excluding hydrogens is 555 g/mol. The smallest absolute Gasteiger partial charge is 0.164 e. The number of ether oxygens (including phenoxy) is 4. The molecule has 3 aromatic carbocycles. The average molecular weight is 587 g/mol. The normalized spacial score (nSPS) is 20.4. The summed E-state index contributed by atoms with van der Waals surface area (Å²) in [6, 6.07) is 24.7. The molecule has 0 bridgehead atoms. The van der Waals surface area contributed by atoms with E-state index < -0.39 is 36.0 Å². The minimum atomic E-state index is -1.41. The second-order valence-corrected chi connectivity index (χ2v) is 10.2. The molecule has 1 saturated heterocycles. The van der Waals surface area contributed by atoms with E-state index in [1.807, 2.05) is 78.9 Å². The number of anilines is 1. The third-order valence-corrected chi connectivity index (χ3v) is 7.84. The first-order valence-electron chi connectivity index (χ1n) is 13.6. The summed E-state index contributed by atoms with van der Waals surface area (Å²) in [4.78, 5) is 7.98. The van der Waals surface area contributed by atoms with Crippen LogP contribution in [0.3, 0.4) is 0 Å². The van der Waals surface area contributed by atoms with Crippen LogP contribution in [0.5, 0.6) is 11.5 Å². The fourth-order valence-electron chi connectivity index (χ4n) is 5.63. The van der Waals surface area contributed by atoms with E-state index in [4.69, 9.17) is 24.7 Å². The van der Waals surface area contributed by atoms with Gasteiger partial charge in [-0.05, 0) is 41.0 Å². The second-order valence-electron chi connectivity index (χ2n) is 10.2. The Hall–Kier alpha value is -4.55. The molecule has 0 unspecified atom stereocenters. The highest BCUT2D eigenvalue weighted by molar-refractivity contribution is 5.86. The van der Waals surface area contributed by atoms with Crippen molar-refractivity contribution >= 4 is 16.9 Å². The minimum absolute atomic E-state index is 0.00889. The molecule has 10 nitrogen and oxygen atoms in total. The van der Waals surface area contributed by atoms with Crippen LogP contribution in [-0.2, 0) is 15.1 Å². The fraction of sp³-hybridized carbons (Fsp3) is 0.250. The standard InChI is InChI=1S/C32H31FN4O6/c1-40-22-12-8-20(9-13-22)32(19-6-4-3-5-7-19,21-10-14-23(41-2)15-11-21)42-17-25-27(38)28(39)31(43-25)37-16-24(33)26-29(34)35-18-36-30(26)37/h3-16,18,25,27-28,31,38-39H,17H2,1-2H3,(H2,34,35,36)/t25-,27-,28-,31-/m1/s1. The molecule has 0 amide bonds. The molecule has 0 aliphatic carbocycles. The van der Waals surface area contributed by atoms with Gasteiger partial charge in [-0.2, -0.15) is 0 Å². The van der Waals surface area contributed by atoms with Crippen LogP contribution in [0.25, 0.3) is 11.0 Å². The van der Waals surface area contributed by atoms with E-state index >= 15 is 0 Å². The summed E-state index contributed by atoms with van der Waals surface area (Å²) in [5.74, 6) is 0.647. The van der Waals surface area contributed by atoms with Gasteiger partial charge in [-0.25, -0.2) is 14.4 Å². The Morgan fingerprint density at radius 1 is 0.860 bits per heavy atom. The zero-order chi connectivity index (χ0) is 30.1. The van der Waals surface area contributed by atoms with Gasteiger partial charge in [0.1, 0.15) is 47.6 Å².